The molecule has 3 nitrogen and oxygen atoms in total. The summed E-state index contributed by atoms with van der Waals surface area (Å²) in [4.78, 5) is 14.4. The van der Waals surface area contributed by atoms with Crippen LogP contribution >= 0.6 is 0 Å². The summed E-state index contributed by atoms with van der Waals surface area (Å²) in [5.74, 6) is -1.03. The predicted molar refractivity (Wildman–Crippen MR) is 54.8 cm³/mol. The van der Waals surface area contributed by atoms with Gasteiger partial charge in [-0.1, -0.05) is 6.08 Å². The lowest BCUT2D eigenvalue weighted by molar-refractivity contribution is -0.136. The highest BCUT2D eigenvalue weighted by Gasteiger charge is 2.35. The Balaban J connectivity index is 2.28. The third-order valence-corrected chi connectivity index (χ3v) is 2.53. The Hall–Kier alpha value is -1.85. The molecular formula is C11H8F3NO2. The number of allylic oxidation sites excluding steroid dienone is 2. The van der Waals surface area contributed by atoms with Gasteiger partial charge in [-0.2, -0.15) is 13.2 Å². The van der Waals surface area contributed by atoms with Gasteiger partial charge in [0.15, 0.2) is 0 Å². The van der Waals surface area contributed by atoms with Crippen LogP contribution in [0.3, 0.4) is 0 Å². The zero-order valence-electron chi connectivity index (χ0n) is 8.53. The van der Waals surface area contributed by atoms with Crippen LogP contribution in [0.5, 0.6) is 0 Å². The molecule has 0 saturated heterocycles. The number of halogens is 3. The summed E-state index contributed by atoms with van der Waals surface area (Å²) in [5, 5.41) is 8.63. The molecule has 0 aromatic carbocycles. The maximum atomic E-state index is 12.4. The summed E-state index contributed by atoms with van der Waals surface area (Å²) in [7, 11) is 0. The third kappa shape index (κ3) is 2.30. The number of alkyl halides is 3. The molecule has 0 aromatic rings. The lowest BCUT2D eigenvalue weighted by Crippen LogP contribution is -2.16. The van der Waals surface area contributed by atoms with Crippen molar-refractivity contribution in [3.05, 3.63) is 34.9 Å². The number of carbonyl (C=O) groups is 1. The number of hydrogen-bond acceptors (Lipinski definition) is 2. The fourth-order valence-corrected chi connectivity index (χ4v) is 1.76. The molecule has 1 aliphatic carbocycles. The number of aliphatic carboxylic acids is 1. The molecule has 1 atom stereocenters. The van der Waals surface area contributed by atoms with E-state index >= 15 is 0 Å². The quantitative estimate of drug-likeness (QED) is 0.808. The van der Waals surface area contributed by atoms with Crippen molar-refractivity contribution in [1.29, 1.82) is 0 Å². The number of carboxylic acids is 1. The molecule has 0 unspecified atom stereocenters. The van der Waals surface area contributed by atoms with Crippen molar-refractivity contribution < 1.29 is 23.1 Å². The fourth-order valence-electron chi connectivity index (χ4n) is 1.76. The number of carboxylic acid groups (broad SMARTS) is 1. The van der Waals surface area contributed by atoms with Gasteiger partial charge in [0.05, 0.1) is 18.0 Å². The maximum absolute atomic E-state index is 12.4. The average Bonchev–Trinajstić information content (AvgIpc) is 2.59. The van der Waals surface area contributed by atoms with Crippen LogP contribution < -0.4 is 0 Å². The molecule has 0 radical (unpaired) electrons. The summed E-state index contributed by atoms with van der Waals surface area (Å²) in [6, 6.07) is -0.703. The van der Waals surface area contributed by atoms with E-state index < -0.39 is 23.8 Å². The Labute approximate surface area is 94.7 Å². The lowest BCUT2D eigenvalue weighted by atomic mass is 9.95. The van der Waals surface area contributed by atoms with Crippen LogP contribution in [0.4, 0.5) is 13.2 Å². The second-order valence-electron chi connectivity index (χ2n) is 3.73. The first-order valence-electron chi connectivity index (χ1n) is 4.83. The van der Waals surface area contributed by atoms with E-state index in [1.54, 1.807) is 0 Å². The van der Waals surface area contributed by atoms with Gasteiger partial charge in [0.25, 0.3) is 0 Å². The lowest BCUT2D eigenvalue weighted by Gasteiger charge is -2.16. The molecule has 90 valence electrons. The van der Waals surface area contributed by atoms with Gasteiger partial charge in [0.1, 0.15) is 0 Å². The molecule has 1 N–H and O–H groups in total. The van der Waals surface area contributed by atoms with Crippen molar-refractivity contribution in [2.45, 2.75) is 18.6 Å². The smallest absolute Gasteiger partial charge is 0.416 e. The van der Waals surface area contributed by atoms with Gasteiger partial charge in [0.2, 0.25) is 0 Å². The number of hydrogen-bond donors (Lipinski definition) is 1. The molecule has 0 bridgehead atoms. The molecular weight excluding hydrogens is 235 g/mol. The largest absolute Gasteiger partial charge is 0.481 e. The van der Waals surface area contributed by atoms with E-state index in [-0.39, 0.29) is 6.42 Å². The van der Waals surface area contributed by atoms with Crippen molar-refractivity contribution in [2.24, 2.45) is 4.99 Å². The first-order chi connectivity index (χ1) is 7.88. The fraction of sp³-hybridized carbons (Fsp3) is 0.273. The van der Waals surface area contributed by atoms with Crippen LogP contribution in [-0.4, -0.2) is 29.5 Å². The van der Waals surface area contributed by atoms with Gasteiger partial charge in [0, 0.05) is 6.21 Å². The van der Waals surface area contributed by atoms with Gasteiger partial charge in [-0.25, -0.2) is 0 Å². The Morgan fingerprint density at radius 3 is 2.71 bits per heavy atom. The summed E-state index contributed by atoms with van der Waals surface area (Å²) in [6.07, 6.45) is -0.0575. The Morgan fingerprint density at radius 1 is 1.41 bits per heavy atom. The molecule has 0 fully saturated rings. The number of rotatable bonds is 2. The van der Waals surface area contributed by atoms with Crippen molar-refractivity contribution >= 4 is 12.2 Å². The van der Waals surface area contributed by atoms with E-state index in [1.807, 2.05) is 0 Å². The standard InChI is InChI=1S/C11H8F3NO2/c12-11(13,14)7-1-2-8-6(3-10(16)17)5-15-9(8)4-7/h1-2,4-5,9H,3H2,(H,16,17)/t9-/m1/s1. The summed E-state index contributed by atoms with van der Waals surface area (Å²) in [6.45, 7) is 0. The molecule has 0 amide bonds. The summed E-state index contributed by atoms with van der Waals surface area (Å²) < 4.78 is 37.3. The minimum Gasteiger partial charge on any atom is -0.481 e. The molecule has 0 aromatic heterocycles. The average molecular weight is 243 g/mol. The minimum atomic E-state index is -4.40. The van der Waals surface area contributed by atoms with Crippen LogP contribution in [0.25, 0.3) is 0 Å². The van der Waals surface area contributed by atoms with Crippen molar-refractivity contribution in [3.8, 4) is 0 Å². The molecule has 0 saturated carbocycles. The van der Waals surface area contributed by atoms with E-state index in [0.717, 1.165) is 12.2 Å². The predicted octanol–water partition coefficient (Wildman–Crippen LogP) is 2.27. The summed E-state index contributed by atoms with van der Waals surface area (Å²) >= 11 is 0. The molecule has 17 heavy (non-hydrogen) atoms. The SMILES string of the molecule is O=C(O)CC1=C2C=CC(C(F)(F)F)=C[C@H]2N=C1. The monoisotopic (exact) mass is 243 g/mol. The van der Waals surface area contributed by atoms with Crippen molar-refractivity contribution in [3.63, 3.8) is 0 Å². The van der Waals surface area contributed by atoms with Gasteiger partial charge in [-0.3, -0.25) is 9.79 Å². The van der Waals surface area contributed by atoms with Crippen molar-refractivity contribution in [2.75, 3.05) is 0 Å². The third-order valence-electron chi connectivity index (χ3n) is 2.53. The Bertz CT molecular complexity index is 483. The zero-order chi connectivity index (χ0) is 12.6. The van der Waals surface area contributed by atoms with Gasteiger partial charge < -0.3 is 5.11 Å². The highest BCUT2D eigenvalue weighted by atomic mass is 19.4. The van der Waals surface area contributed by atoms with Crippen LogP contribution in [0.1, 0.15) is 6.42 Å². The summed E-state index contributed by atoms with van der Waals surface area (Å²) in [5.41, 5.74) is 0.233. The maximum Gasteiger partial charge on any atom is 0.416 e. The number of aliphatic imine (C=N–C) groups is 1. The highest BCUT2D eigenvalue weighted by molar-refractivity contribution is 5.91. The Kier molecular flexibility index (Phi) is 2.65. The second-order valence-corrected chi connectivity index (χ2v) is 3.73. The van der Waals surface area contributed by atoms with Crippen LogP contribution in [0, 0.1) is 0 Å². The molecule has 1 aliphatic heterocycles. The molecule has 6 heteroatoms. The van der Waals surface area contributed by atoms with Gasteiger partial charge in [-0.05, 0) is 23.3 Å². The van der Waals surface area contributed by atoms with E-state index in [0.29, 0.717) is 11.1 Å². The van der Waals surface area contributed by atoms with E-state index in [2.05, 4.69) is 4.99 Å². The topological polar surface area (TPSA) is 49.7 Å². The van der Waals surface area contributed by atoms with Crippen LogP contribution in [-0.2, 0) is 4.79 Å². The number of fused-ring (bicyclic) bond motifs is 1. The van der Waals surface area contributed by atoms with Gasteiger partial charge in [-0.15, -0.1) is 0 Å². The normalized spacial score (nSPS) is 22.8. The van der Waals surface area contributed by atoms with Crippen LogP contribution in [0.2, 0.25) is 0 Å². The molecule has 2 rings (SSSR count). The second kappa shape index (κ2) is 3.87. The highest BCUT2D eigenvalue weighted by Crippen LogP contribution is 2.34. The zero-order valence-corrected chi connectivity index (χ0v) is 8.53. The molecule has 1 heterocycles. The molecule has 2 aliphatic rings. The first kappa shape index (κ1) is 11.6. The van der Waals surface area contributed by atoms with Crippen molar-refractivity contribution in [1.82, 2.24) is 0 Å². The van der Waals surface area contributed by atoms with Gasteiger partial charge >= 0.3 is 12.1 Å². The first-order valence-corrected chi connectivity index (χ1v) is 4.83. The molecule has 0 spiro atoms. The van der Waals surface area contributed by atoms with E-state index in [1.165, 1.54) is 12.3 Å². The minimum absolute atomic E-state index is 0.227. The van der Waals surface area contributed by atoms with E-state index in [9.17, 15) is 18.0 Å². The van der Waals surface area contributed by atoms with Crippen LogP contribution in [0.15, 0.2) is 39.9 Å². The number of nitrogens with zero attached hydrogens (tertiary/aromatic N) is 1. The van der Waals surface area contributed by atoms with E-state index in [4.69, 9.17) is 5.11 Å². The Morgan fingerprint density at radius 2 is 2.12 bits per heavy atom.